The first-order valence-corrected chi connectivity index (χ1v) is 10.7. The van der Waals surface area contributed by atoms with Crippen LogP contribution in [0.2, 0.25) is 0 Å². The molecule has 160 valence electrons. The van der Waals surface area contributed by atoms with E-state index in [0.29, 0.717) is 39.0 Å². The monoisotopic (exact) mass is 439 g/mol. The molecule has 2 atom stereocenters. The first-order chi connectivity index (χ1) is 14.9. The predicted octanol–water partition coefficient (Wildman–Crippen LogP) is 3.46. The molecule has 0 fully saturated rings. The molecule has 0 aliphatic carbocycles. The Kier molecular flexibility index (Phi) is 7.18. The highest BCUT2D eigenvalue weighted by Gasteiger charge is 2.09. The SMILES string of the molecule is Cc1cc(C#Cc2cnc(Nc3ccc([SH](=N)=O)cc3)nc2N[C@H](C)CO)ccc1F. The lowest BCUT2D eigenvalue weighted by atomic mass is 10.1. The molecular formula is C22H22FN5O2S. The number of hydrogen-bond donors (Lipinski definition) is 5. The molecule has 1 unspecified atom stereocenters. The van der Waals surface area contributed by atoms with Crippen molar-refractivity contribution >= 4 is 28.0 Å². The van der Waals surface area contributed by atoms with Crippen LogP contribution < -0.4 is 10.6 Å². The van der Waals surface area contributed by atoms with Crippen molar-refractivity contribution in [3.05, 3.63) is 71.2 Å². The molecule has 3 aromatic rings. The summed E-state index contributed by atoms with van der Waals surface area (Å²) >= 11 is 0. The largest absolute Gasteiger partial charge is 0.394 e. The van der Waals surface area contributed by atoms with Gasteiger partial charge < -0.3 is 15.7 Å². The molecule has 0 bridgehead atoms. The number of benzene rings is 2. The van der Waals surface area contributed by atoms with Crippen molar-refractivity contribution in [3.63, 3.8) is 0 Å². The van der Waals surface area contributed by atoms with Crippen LogP contribution in [0, 0.1) is 29.4 Å². The first kappa shape index (κ1) is 22.2. The fourth-order valence-corrected chi connectivity index (χ4v) is 3.01. The van der Waals surface area contributed by atoms with Crippen LogP contribution in [0.25, 0.3) is 0 Å². The maximum absolute atomic E-state index is 13.5. The highest BCUT2D eigenvalue weighted by Crippen LogP contribution is 2.19. The second-order valence-corrected chi connectivity index (χ2v) is 7.97. The molecule has 0 saturated heterocycles. The van der Waals surface area contributed by atoms with Gasteiger partial charge >= 0.3 is 0 Å². The van der Waals surface area contributed by atoms with Crippen LogP contribution in [-0.4, -0.2) is 31.9 Å². The minimum Gasteiger partial charge on any atom is -0.394 e. The van der Waals surface area contributed by atoms with Gasteiger partial charge in [0.1, 0.15) is 11.6 Å². The smallest absolute Gasteiger partial charge is 0.229 e. The van der Waals surface area contributed by atoms with Crippen LogP contribution >= 0.6 is 0 Å². The summed E-state index contributed by atoms with van der Waals surface area (Å²) < 4.78 is 32.0. The molecule has 1 aromatic heterocycles. The van der Waals surface area contributed by atoms with E-state index >= 15 is 0 Å². The number of aliphatic hydroxyl groups excluding tert-OH is 1. The van der Waals surface area contributed by atoms with Crippen molar-refractivity contribution in [2.75, 3.05) is 17.2 Å². The lowest BCUT2D eigenvalue weighted by Crippen LogP contribution is -2.21. The molecule has 0 aliphatic heterocycles. The zero-order chi connectivity index (χ0) is 22.4. The number of nitrogens with one attached hydrogen (secondary N) is 3. The summed E-state index contributed by atoms with van der Waals surface area (Å²) in [5, 5.41) is 15.5. The molecule has 1 heterocycles. The molecule has 7 nitrogen and oxygen atoms in total. The number of anilines is 3. The van der Waals surface area contributed by atoms with Crippen LogP contribution in [-0.2, 0) is 10.6 Å². The van der Waals surface area contributed by atoms with Gasteiger partial charge in [0.05, 0.1) is 29.0 Å². The Morgan fingerprint density at radius 3 is 2.61 bits per heavy atom. The molecule has 3 rings (SSSR count). The number of hydrogen-bond acceptors (Lipinski definition) is 7. The second kappa shape index (κ2) is 10.0. The molecule has 2 aromatic carbocycles. The third kappa shape index (κ3) is 6.01. The summed E-state index contributed by atoms with van der Waals surface area (Å²) in [7, 11) is -2.15. The van der Waals surface area contributed by atoms with Crippen LogP contribution in [0.5, 0.6) is 0 Å². The Morgan fingerprint density at radius 1 is 1.23 bits per heavy atom. The third-order valence-electron chi connectivity index (χ3n) is 4.30. The zero-order valence-corrected chi connectivity index (χ0v) is 17.9. The van der Waals surface area contributed by atoms with Crippen LogP contribution in [0.4, 0.5) is 21.8 Å². The van der Waals surface area contributed by atoms with Gasteiger partial charge in [-0.1, -0.05) is 11.8 Å². The Balaban J connectivity index is 1.89. The van der Waals surface area contributed by atoms with E-state index in [4.69, 9.17) is 4.78 Å². The van der Waals surface area contributed by atoms with Crippen LogP contribution in [0.3, 0.4) is 0 Å². The van der Waals surface area contributed by atoms with Gasteiger partial charge in [0.25, 0.3) is 0 Å². The number of rotatable bonds is 6. The van der Waals surface area contributed by atoms with Crippen LogP contribution in [0.1, 0.15) is 23.6 Å². The molecule has 0 saturated carbocycles. The molecule has 0 radical (unpaired) electrons. The summed E-state index contributed by atoms with van der Waals surface area (Å²) in [4.78, 5) is 9.18. The van der Waals surface area contributed by atoms with Gasteiger partial charge in [-0.3, -0.25) is 4.78 Å². The van der Waals surface area contributed by atoms with E-state index in [9.17, 15) is 13.7 Å². The fourth-order valence-electron chi connectivity index (χ4n) is 2.59. The Labute approximate surface area is 181 Å². The number of thiol groups is 1. The fraction of sp³-hybridized carbons (Fsp3) is 0.182. The number of aromatic nitrogens is 2. The lowest BCUT2D eigenvalue weighted by Gasteiger charge is -2.14. The van der Waals surface area contributed by atoms with Gasteiger partial charge in [0.15, 0.2) is 0 Å². The molecule has 0 aliphatic rings. The van der Waals surface area contributed by atoms with Crippen molar-refractivity contribution in [2.45, 2.75) is 24.8 Å². The lowest BCUT2D eigenvalue weighted by molar-refractivity contribution is 0.281. The standard InChI is InChI=1S/C22H22FN5O2S/c1-14-11-16(4-10-20(14)23)3-5-17-12-25-22(28-21(17)26-15(2)13-29)27-18-6-8-19(9-7-18)31(24)30/h4,6-12,15,24,29,31H,13H2,1-2H3,(H2,25,26,27,28)/t15-/m1/s1. The second-order valence-electron chi connectivity index (χ2n) is 6.86. The summed E-state index contributed by atoms with van der Waals surface area (Å²) in [5.41, 5.74) is 2.36. The topological polar surface area (TPSA) is 111 Å². The predicted molar refractivity (Wildman–Crippen MR) is 120 cm³/mol. The maximum atomic E-state index is 13.5. The van der Waals surface area contributed by atoms with Gasteiger partial charge in [-0.2, -0.15) is 4.98 Å². The Morgan fingerprint density at radius 2 is 1.97 bits per heavy atom. The number of aryl methyl sites for hydroxylation is 1. The summed E-state index contributed by atoms with van der Waals surface area (Å²) in [6, 6.07) is 11.0. The van der Waals surface area contributed by atoms with Crippen molar-refractivity contribution in [2.24, 2.45) is 0 Å². The van der Waals surface area contributed by atoms with E-state index in [2.05, 4.69) is 32.4 Å². The number of halogens is 1. The van der Waals surface area contributed by atoms with Gasteiger partial charge in [0.2, 0.25) is 5.95 Å². The van der Waals surface area contributed by atoms with E-state index in [-0.39, 0.29) is 18.5 Å². The van der Waals surface area contributed by atoms with Gasteiger partial charge in [0, 0.05) is 22.2 Å². The van der Waals surface area contributed by atoms with Crippen molar-refractivity contribution in [1.82, 2.24) is 9.97 Å². The van der Waals surface area contributed by atoms with Crippen molar-refractivity contribution < 1.29 is 13.7 Å². The van der Waals surface area contributed by atoms with Crippen molar-refractivity contribution in [3.8, 4) is 11.8 Å². The number of nitrogens with zero attached hydrogens (tertiary/aromatic N) is 2. The quantitative estimate of drug-likeness (QED) is 0.297. The highest BCUT2D eigenvalue weighted by atomic mass is 32.2. The zero-order valence-electron chi connectivity index (χ0n) is 17.0. The average Bonchev–Trinajstić information content (AvgIpc) is 2.76. The van der Waals surface area contributed by atoms with Gasteiger partial charge in [-0.15, -0.1) is 0 Å². The van der Waals surface area contributed by atoms with E-state index < -0.39 is 10.6 Å². The normalized spacial score (nSPS) is 12.4. The molecule has 0 spiro atoms. The van der Waals surface area contributed by atoms with Gasteiger partial charge in [-0.25, -0.2) is 13.6 Å². The Bertz CT molecular complexity index is 1210. The molecule has 9 heteroatoms. The molecule has 4 N–H and O–H groups in total. The minimum absolute atomic E-state index is 0.0937. The molecular weight excluding hydrogens is 417 g/mol. The van der Waals surface area contributed by atoms with Crippen molar-refractivity contribution in [1.29, 1.82) is 4.78 Å². The highest BCUT2D eigenvalue weighted by molar-refractivity contribution is 7.73. The first-order valence-electron chi connectivity index (χ1n) is 9.44. The minimum atomic E-state index is -2.15. The summed E-state index contributed by atoms with van der Waals surface area (Å²) in [6.45, 7) is 3.38. The maximum Gasteiger partial charge on any atom is 0.229 e. The molecule has 31 heavy (non-hydrogen) atoms. The number of aliphatic hydroxyl groups is 1. The van der Waals surface area contributed by atoms with E-state index in [1.165, 1.54) is 6.07 Å². The summed E-state index contributed by atoms with van der Waals surface area (Å²) in [5.74, 6) is 6.43. The summed E-state index contributed by atoms with van der Waals surface area (Å²) in [6.07, 6.45) is 1.56. The third-order valence-corrected chi connectivity index (χ3v) is 5.07. The van der Waals surface area contributed by atoms with E-state index in [1.54, 1.807) is 56.4 Å². The van der Waals surface area contributed by atoms with Gasteiger partial charge in [-0.05, 0) is 61.9 Å². The van der Waals surface area contributed by atoms with Crippen LogP contribution in [0.15, 0.2) is 53.6 Å². The van der Waals surface area contributed by atoms with E-state index in [1.807, 2.05) is 0 Å². The van der Waals surface area contributed by atoms with E-state index in [0.717, 1.165) is 0 Å². The molecule has 0 amide bonds. The Hall–Kier alpha value is -3.48. The average molecular weight is 440 g/mol.